The number of hydrogen-bond acceptors (Lipinski definition) is 6. The molecule has 3 aromatic carbocycles. The van der Waals surface area contributed by atoms with Crippen LogP contribution in [-0.2, 0) is 25.5 Å². The summed E-state index contributed by atoms with van der Waals surface area (Å²) in [6.07, 6.45) is 3.05. The average molecular weight is 551 g/mol. The lowest BCUT2D eigenvalue weighted by atomic mass is 9.90. The number of fused-ring (bicyclic) bond motifs is 1. The fraction of sp³-hybridized carbons (Fsp3) is 0.229. The number of hydrogen-bond donors (Lipinski definition) is 0. The minimum absolute atomic E-state index is 0.186. The minimum Gasteiger partial charge on any atom is -0.462 e. The van der Waals surface area contributed by atoms with Gasteiger partial charge >= 0.3 is 17.9 Å². The van der Waals surface area contributed by atoms with E-state index in [-0.39, 0.29) is 28.6 Å². The highest BCUT2D eigenvalue weighted by atomic mass is 16.5. The van der Waals surface area contributed by atoms with E-state index in [0.717, 1.165) is 40.7 Å². The molecule has 0 saturated heterocycles. The second-order valence-corrected chi connectivity index (χ2v) is 10.5. The van der Waals surface area contributed by atoms with Crippen molar-refractivity contribution < 1.29 is 28.6 Å². The molecule has 1 aliphatic carbocycles. The summed E-state index contributed by atoms with van der Waals surface area (Å²) in [7, 11) is 0. The summed E-state index contributed by atoms with van der Waals surface area (Å²) < 4.78 is 16.3. The zero-order valence-corrected chi connectivity index (χ0v) is 24.0. The van der Waals surface area contributed by atoms with Crippen molar-refractivity contribution in [2.45, 2.75) is 46.5 Å². The number of carbonyl (C=O) groups excluding carboxylic acids is 3. The lowest BCUT2D eigenvalue weighted by Gasteiger charge is -2.17. The van der Waals surface area contributed by atoms with Crippen molar-refractivity contribution in [3.63, 3.8) is 0 Å². The van der Waals surface area contributed by atoms with Crippen molar-refractivity contribution in [3.8, 4) is 33.8 Å². The number of rotatable bonds is 9. The van der Waals surface area contributed by atoms with Crippen LogP contribution < -0.4 is 9.47 Å². The molecule has 41 heavy (non-hydrogen) atoms. The molecule has 0 saturated carbocycles. The Morgan fingerprint density at radius 2 is 1.51 bits per heavy atom. The van der Waals surface area contributed by atoms with Crippen LogP contribution in [0.3, 0.4) is 0 Å². The van der Waals surface area contributed by atoms with Crippen molar-refractivity contribution in [2.24, 2.45) is 0 Å². The van der Waals surface area contributed by atoms with Crippen LogP contribution in [0.25, 0.3) is 22.3 Å². The van der Waals surface area contributed by atoms with Crippen LogP contribution >= 0.6 is 0 Å². The van der Waals surface area contributed by atoms with Crippen LogP contribution in [0, 0.1) is 13.8 Å². The second-order valence-electron chi connectivity index (χ2n) is 10.5. The zero-order chi connectivity index (χ0) is 29.8. The van der Waals surface area contributed by atoms with Crippen molar-refractivity contribution in [1.82, 2.24) is 0 Å². The first-order valence-corrected chi connectivity index (χ1v) is 13.4. The van der Waals surface area contributed by atoms with E-state index in [1.807, 2.05) is 13.8 Å². The summed E-state index contributed by atoms with van der Waals surface area (Å²) in [5, 5.41) is 0. The van der Waals surface area contributed by atoms with E-state index < -0.39 is 17.9 Å². The predicted molar refractivity (Wildman–Crippen MR) is 160 cm³/mol. The number of carbonyl (C=O) groups is 3. The molecular weight excluding hydrogens is 516 g/mol. The zero-order valence-electron chi connectivity index (χ0n) is 24.0. The fourth-order valence-electron chi connectivity index (χ4n) is 4.96. The molecule has 0 amide bonds. The van der Waals surface area contributed by atoms with Gasteiger partial charge in [0.15, 0.2) is 0 Å². The molecule has 4 rings (SSSR count). The van der Waals surface area contributed by atoms with Gasteiger partial charge in [-0.15, -0.1) is 0 Å². The molecule has 0 radical (unpaired) electrons. The molecule has 6 nitrogen and oxygen atoms in total. The average Bonchev–Trinajstić information content (AvgIpc) is 3.35. The van der Waals surface area contributed by atoms with Gasteiger partial charge in [0.25, 0.3) is 0 Å². The highest BCUT2D eigenvalue weighted by molar-refractivity contribution is 5.92. The van der Waals surface area contributed by atoms with Crippen LogP contribution in [0.1, 0.15) is 48.4 Å². The number of esters is 3. The van der Waals surface area contributed by atoms with E-state index in [1.165, 1.54) is 23.3 Å². The molecule has 3 aromatic rings. The standard InChI is InChI=1S/C35H34O6/c1-8-33(36)39-19-26-10-9-24-17-25(11-13-28(24)26)30-15-23(7)31(16-22(30)6)29-14-12-27(40-34(37)20(2)3)18-32(29)41-35(38)21(4)5/h8,11-18,26H,1-2,4,9-10,19H2,3,5-7H3. The van der Waals surface area contributed by atoms with E-state index >= 15 is 0 Å². The SMILES string of the molecule is C=CC(=O)OCC1CCc2cc(-c3cc(C)c(-c4ccc(OC(=O)C(=C)C)cc4OC(=O)C(=C)C)cc3C)ccc21. The molecule has 1 atom stereocenters. The van der Waals surface area contributed by atoms with Gasteiger partial charge in [0.05, 0.1) is 6.61 Å². The third kappa shape index (κ3) is 6.55. The number of benzene rings is 3. The lowest BCUT2D eigenvalue weighted by molar-refractivity contribution is -0.138. The van der Waals surface area contributed by atoms with Crippen LogP contribution in [0.5, 0.6) is 11.5 Å². The molecule has 1 unspecified atom stereocenters. The first-order chi connectivity index (χ1) is 19.5. The largest absolute Gasteiger partial charge is 0.462 e. The molecule has 0 N–H and O–H groups in total. The van der Waals surface area contributed by atoms with Crippen molar-refractivity contribution >= 4 is 17.9 Å². The van der Waals surface area contributed by atoms with Gasteiger partial charge in [0.1, 0.15) is 11.5 Å². The summed E-state index contributed by atoms with van der Waals surface area (Å²) in [6, 6.07) is 15.6. The Bertz CT molecular complexity index is 1590. The highest BCUT2D eigenvalue weighted by Gasteiger charge is 2.24. The van der Waals surface area contributed by atoms with E-state index in [0.29, 0.717) is 12.2 Å². The smallest absolute Gasteiger partial charge is 0.338 e. The monoisotopic (exact) mass is 550 g/mol. The van der Waals surface area contributed by atoms with Gasteiger partial charge < -0.3 is 14.2 Å². The van der Waals surface area contributed by atoms with Crippen LogP contribution in [0.2, 0.25) is 0 Å². The van der Waals surface area contributed by atoms with Gasteiger partial charge in [-0.2, -0.15) is 0 Å². The number of aryl methyl sites for hydroxylation is 3. The van der Waals surface area contributed by atoms with Crippen LogP contribution in [-0.4, -0.2) is 24.5 Å². The Morgan fingerprint density at radius 3 is 2.20 bits per heavy atom. The molecule has 0 aliphatic heterocycles. The fourth-order valence-corrected chi connectivity index (χ4v) is 4.96. The Morgan fingerprint density at radius 1 is 0.854 bits per heavy atom. The maximum Gasteiger partial charge on any atom is 0.338 e. The summed E-state index contributed by atoms with van der Waals surface area (Å²) >= 11 is 0. The molecule has 0 heterocycles. The summed E-state index contributed by atoms with van der Waals surface area (Å²) in [4.78, 5) is 36.0. The number of ether oxygens (including phenoxy) is 3. The van der Waals surface area contributed by atoms with E-state index in [4.69, 9.17) is 14.2 Å². The van der Waals surface area contributed by atoms with Gasteiger partial charge in [-0.1, -0.05) is 50.1 Å². The molecule has 1 aliphatic rings. The Kier molecular flexibility index (Phi) is 8.72. The Hall–Kier alpha value is -4.71. The van der Waals surface area contributed by atoms with E-state index in [2.05, 4.69) is 50.1 Å². The summed E-state index contributed by atoms with van der Waals surface area (Å²) in [6.45, 7) is 18.3. The lowest BCUT2D eigenvalue weighted by Crippen LogP contribution is -2.11. The highest BCUT2D eigenvalue weighted by Crippen LogP contribution is 2.40. The van der Waals surface area contributed by atoms with E-state index in [9.17, 15) is 14.4 Å². The van der Waals surface area contributed by atoms with Crippen molar-refractivity contribution in [2.75, 3.05) is 6.61 Å². The van der Waals surface area contributed by atoms with Crippen LogP contribution in [0.4, 0.5) is 0 Å². The first-order valence-electron chi connectivity index (χ1n) is 13.4. The van der Waals surface area contributed by atoms with Gasteiger partial charge in [-0.3, -0.25) is 0 Å². The second kappa shape index (κ2) is 12.2. The molecule has 6 heteroatoms. The van der Waals surface area contributed by atoms with Gasteiger partial charge in [0.2, 0.25) is 0 Å². The molecule has 0 spiro atoms. The quantitative estimate of drug-likeness (QED) is 0.157. The van der Waals surface area contributed by atoms with Gasteiger partial charge in [-0.05, 0) is 91.6 Å². The van der Waals surface area contributed by atoms with Gasteiger partial charge in [0, 0.05) is 34.8 Å². The molecule has 0 bridgehead atoms. The third-order valence-corrected chi connectivity index (χ3v) is 7.17. The molecule has 0 fully saturated rings. The summed E-state index contributed by atoms with van der Waals surface area (Å²) in [5.41, 5.74) is 8.81. The first kappa shape index (κ1) is 29.3. The maximum atomic E-state index is 12.5. The molecular formula is C35H34O6. The van der Waals surface area contributed by atoms with E-state index in [1.54, 1.807) is 26.0 Å². The normalized spacial score (nSPS) is 13.6. The maximum absolute atomic E-state index is 12.5. The Balaban J connectivity index is 1.68. The van der Waals surface area contributed by atoms with Crippen LogP contribution in [0.15, 0.2) is 85.5 Å². The molecule has 210 valence electrons. The van der Waals surface area contributed by atoms with Gasteiger partial charge in [-0.25, -0.2) is 14.4 Å². The molecule has 0 aromatic heterocycles. The minimum atomic E-state index is -0.573. The third-order valence-electron chi connectivity index (χ3n) is 7.17. The van der Waals surface area contributed by atoms with Crippen molar-refractivity contribution in [3.05, 3.63) is 108 Å². The predicted octanol–water partition coefficient (Wildman–Crippen LogP) is 7.36. The van der Waals surface area contributed by atoms with Crippen molar-refractivity contribution in [1.29, 1.82) is 0 Å². The summed E-state index contributed by atoms with van der Waals surface area (Å²) in [5.74, 6) is -0.845. The topological polar surface area (TPSA) is 78.9 Å². The Labute approximate surface area is 241 Å².